The molecule has 0 N–H and O–H groups in total. The van der Waals surface area contributed by atoms with E-state index in [1.807, 2.05) is 0 Å². The minimum absolute atomic E-state index is 0.0404. The van der Waals surface area contributed by atoms with Crippen LogP contribution in [0.1, 0.15) is 28.8 Å². The van der Waals surface area contributed by atoms with Crippen molar-refractivity contribution in [2.24, 2.45) is 17.8 Å². The lowest BCUT2D eigenvalue weighted by Gasteiger charge is -2.24. The van der Waals surface area contributed by atoms with Crippen LogP contribution in [0.25, 0.3) is 10.9 Å². The molecule has 0 aliphatic heterocycles. The molecule has 1 heterocycles. The number of Topliss-reactive ketones (excluding diaryl/α,β-unsaturated/α-hetero) is 1. The van der Waals surface area contributed by atoms with Crippen molar-refractivity contribution < 1.29 is 27.5 Å². The number of nitrogens with zero attached hydrogens (tertiary/aromatic N) is 3. The van der Waals surface area contributed by atoms with Gasteiger partial charge in [-0.25, -0.2) is 4.68 Å². The molecule has 4 rings (SSSR count). The second kappa shape index (κ2) is 11.2. The average Bonchev–Trinajstić information content (AvgIpc) is 3.28. The Labute approximate surface area is 230 Å². The summed E-state index contributed by atoms with van der Waals surface area (Å²) >= 11 is 4.26. The van der Waals surface area contributed by atoms with E-state index in [9.17, 15) is 27.6 Å². The predicted molar refractivity (Wildman–Crippen MR) is 146 cm³/mol. The van der Waals surface area contributed by atoms with Crippen LogP contribution in [0.4, 0.5) is 13.2 Å². The Bertz CT molecular complexity index is 1440. The van der Waals surface area contributed by atoms with Crippen LogP contribution in [-0.4, -0.2) is 41.4 Å². The van der Waals surface area contributed by atoms with Crippen LogP contribution in [0, 0.1) is 17.8 Å². The van der Waals surface area contributed by atoms with Crippen molar-refractivity contribution in [3.8, 4) is 0 Å². The van der Waals surface area contributed by atoms with Gasteiger partial charge in [-0.15, -0.1) is 17.7 Å². The number of carbonyl (C=O) groups excluding carboxylic acids is 2. The maximum Gasteiger partial charge on any atom is 0.416 e. The molecule has 3 aromatic rings. The quantitative estimate of drug-likeness (QED) is 0.164. The number of halogens is 3. The Morgan fingerprint density at radius 1 is 1.10 bits per heavy atom. The maximum absolute atomic E-state index is 13.4. The maximum atomic E-state index is 13.4. The van der Waals surface area contributed by atoms with Crippen LogP contribution in [0.15, 0.2) is 52.2 Å². The van der Waals surface area contributed by atoms with Gasteiger partial charge in [0, 0.05) is 24.5 Å². The Kier molecular flexibility index (Phi) is 8.36. The van der Waals surface area contributed by atoms with Gasteiger partial charge in [-0.3, -0.25) is 14.4 Å². The molecule has 0 amide bonds. The van der Waals surface area contributed by atoms with Gasteiger partial charge in [0.05, 0.1) is 30.0 Å². The monoisotopic (exact) mass is 577 g/mol. The van der Waals surface area contributed by atoms with E-state index < -0.39 is 49.1 Å². The summed E-state index contributed by atoms with van der Waals surface area (Å²) in [5.74, 6) is -2.70. The number of fused-ring (bicyclic) bond motifs is 1. The summed E-state index contributed by atoms with van der Waals surface area (Å²) in [7, 11) is -1.49. The van der Waals surface area contributed by atoms with E-state index in [1.165, 1.54) is 0 Å². The molecule has 3 unspecified atom stereocenters. The van der Waals surface area contributed by atoms with Gasteiger partial charge in [-0.2, -0.15) is 13.2 Å². The van der Waals surface area contributed by atoms with Gasteiger partial charge in [-0.05, 0) is 55.1 Å². The van der Waals surface area contributed by atoms with Crippen LogP contribution >= 0.6 is 12.6 Å². The molecule has 7 nitrogen and oxygen atoms in total. The molecule has 0 saturated heterocycles. The number of alkyl halides is 3. The molecule has 12 heteroatoms. The van der Waals surface area contributed by atoms with Gasteiger partial charge in [0.15, 0.2) is 5.78 Å². The first-order valence-corrected chi connectivity index (χ1v) is 16.8. The van der Waals surface area contributed by atoms with E-state index in [4.69, 9.17) is 4.74 Å². The van der Waals surface area contributed by atoms with Crippen molar-refractivity contribution in [2.75, 3.05) is 6.61 Å². The smallest absolute Gasteiger partial charge is 0.416 e. The van der Waals surface area contributed by atoms with E-state index in [1.54, 1.807) is 24.3 Å². The summed E-state index contributed by atoms with van der Waals surface area (Å²) in [4.78, 5) is 40.6. The Morgan fingerprint density at radius 3 is 2.44 bits per heavy atom. The fourth-order valence-corrected chi connectivity index (χ4v) is 5.79. The zero-order valence-electron chi connectivity index (χ0n) is 21.9. The number of hydrogen-bond donors (Lipinski definition) is 1. The highest BCUT2D eigenvalue weighted by Crippen LogP contribution is 2.41. The zero-order valence-corrected chi connectivity index (χ0v) is 23.8. The first-order chi connectivity index (χ1) is 18.2. The van der Waals surface area contributed by atoms with E-state index in [-0.39, 0.29) is 29.8 Å². The SMILES string of the molecule is C[Si](C)(C)CCOC(=O)C1C(Cn2nnc3ccc(C(F)(F)F)cc3c2=O)CCC1C(=O)c1ccc(S)cc1. The number of ether oxygens (including phenoxy) is 1. The number of aromatic nitrogens is 3. The lowest BCUT2D eigenvalue weighted by Crippen LogP contribution is -2.36. The molecule has 1 fully saturated rings. The average molecular weight is 578 g/mol. The van der Waals surface area contributed by atoms with Crippen LogP contribution < -0.4 is 5.56 Å². The number of carbonyl (C=O) groups is 2. The molecule has 0 bridgehead atoms. The first-order valence-electron chi connectivity index (χ1n) is 12.7. The van der Waals surface area contributed by atoms with Crippen molar-refractivity contribution in [2.45, 2.75) is 56.1 Å². The van der Waals surface area contributed by atoms with Crippen LogP contribution in [0.2, 0.25) is 25.7 Å². The first kappa shape index (κ1) is 29.0. The van der Waals surface area contributed by atoms with Crippen molar-refractivity contribution >= 4 is 43.4 Å². The Morgan fingerprint density at radius 2 is 1.79 bits per heavy atom. The lowest BCUT2D eigenvalue weighted by atomic mass is 9.84. The third-order valence-corrected chi connectivity index (χ3v) is 9.11. The molecule has 3 atom stereocenters. The summed E-state index contributed by atoms with van der Waals surface area (Å²) in [6, 6.07) is 10.2. The highest BCUT2D eigenvalue weighted by Gasteiger charge is 2.46. The van der Waals surface area contributed by atoms with Crippen LogP contribution in [-0.2, 0) is 22.3 Å². The molecule has 39 heavy (non-hydrogen) atoms. The number of hydrogen-bond acceptors (Lipinski definition) is 7. The largest absolute Gasteiger partial charge is 0.466 e. The van der Waals surface area contributed by atoms with E-state index in [2.05, 4.69) is 42.6 Å². The molecule has 1 aromatic heterocycles. The van der Waals surface area contributed by atoms with E-state index in [0.29, 0.717) is 23.3 Å². The topological polar surface area (TPSA) is 91.2 Å². The summed E-state index contributed by atoms with van der Waals surface area (Å²) < 4.78 is 46.4. The van der Waals surface area contributed by atoms with Gasteiger partial charge in [-0.1, -0.05) is 37.0 Å². The van der Waals surface area contributed by atoms with Crippen molar-refractivity contribution in [3.63, 3.8) is 0 Å². The summed E-state index contributed by atoms with van der Waals surface area (Å²) in [5, 5.41) is 7.63. The third kappa shape index (κ3) is 6.78. The molecule has 0 radical (unpaired) electrons. The Hall–Kier alpha value is -2.99. The standard InChI is InChI=1S/C27H30F3N3O4SSi/c1-39(2,3)13-12-37-26(36)23-17(6-10-20(23)24(34)16-4-8-19(38)9-5-16)15-33-25(35)21-14-18(27(28,29)30)7-11-22(21)31-32-33/h4-5,7-9,11,14,17,20,23,38H,6,10,12-13,15H2,1-3H3. The summed E-state index contributed by atoms with van der Waals surface area (Å²) in [6.45, 7) is 6.64. The highest BCUT2D eigenvalue weighted by molar-refractivity contribution is 7.80. The Balaban J connectivity index is 1.64. The molecule has 2 aromatic carbocycles. The minimum atomic E-state index is -4.62. The fourth-order valence-electron chi connectivity index (χ4n) is 4.93. The van der Waals surface area contributed by atoms with Gasteiger partial charge in [0.1, 0.15) is 5.52 Å². The van der Waals surface area contributed by atoms with Gasteiger partial charge in [0.2, 0.25) is 0 Å². The highest BCUT2D eigenvalue weighted by atomic mass is 32.1. The molecule has 208 valence electrons. The molecular weight excluding hydrogens is 547 g/mol. The lowest BCUT2D eigenvalue weighted by molar-refractivity contribution is -0.150. The van der Waals surface area contributed by atoms with E-state index >= 15 is 0 Å². The summed E-state index contributed by atoms with van der Waals surface area (Å²) in [5.41, 5.74) is -1.22. The number of esters is 1. The number of thiol groups is 1. The van der Waals surface area contributed by atoms with Gasteiger partial charge in [0.25, 0.3) is 5.56 Å². The number of benzene rings is 2. The molecule has 1 saturated carbocycles. The molecule has 0 spiro atoms. The molecular formula is C27H30F3N3O4SSi. The number of ketones is 1. The van der Waals surface area contributed by atoms with Crippen LogP contribution in [0.3, 0.4) is 0 Å². The van der Waals surface area contributed by atoms with Crippen molar-refractivity contribution in [1.29, 1.82) is 0 Å². The normalized spacial score (nSPS) is 19.8. The predicted octanol–water partition coefficient (Wildman–Crippen LogP) is 5.51. The van der Waals surface area contributed by atoms with Crippen LogP contribution in [0.5, 0.6) is 0 Å². The zero-order chi connectivity index (χ0) is 28.5. The molecule has 1 aliphatic carbocycles. The second-order valence-electron chi connectivity index (χ2n) is 11.2. The minimum Gasteiger partial charge on any atom is -0.466 e. The third-order valence-electron chi connectivity index (χ3n) is 7.10. The number of rotatable bonds is 8. The van der Waals surface area contributed by atoms with Crippen molar-refractivity contribution in [1.82, 2.24) is 15.0 Å². The van der Waals surface area contributed by atoms with Crippen molar-refractivity contribution in [3.05, 3.63) is 63.9 Å². The van der Waals surface area contributed by atoms with E-state index in [0.717, 1.165) is 28.9 Å². The summed E-state index contributed by atoms with van der Waals surface area (Å²) in [6.07, 6.45) is -3.79. The van der Waals surface area contributed by atoms with Gasteiger partial charge >= 0.3 is 12.1 Å². The van der Waals surface area contributed by atoms with Gasteiger partial charge < -0.3 is 4.74 Å². The fraction of sp³-hybridized carbons (Fsp3) is 0.444. The molecule has 1 aliphatic rings. The second-order valence-corrected chi connectivity index (χ2v) is 17.3.